The summed E-state index contributed by atoms with van der Waals surface area (Å²) in [6.45, 7) is 5.69. The van der Waals surface area contributed by atoms with Gasteiger partial charge in [0.15, 0.2) is 0 Å². The van der Waals surface area contributed by atoms with Crippen molar-refractivity contribution in [1.82, 2.24) is 24.4 Å². The molecule has 1 amide bonds. The van der Waals surface area contributed by atoms with Gasteiger partial charge in [0.25, 0.3) is 11.5 Å². The van der Waals surface area contributed by atoms with Gasteiger partial charge in [0, 0.05) is 56.0 Å². The Morgan fingerprint density at radius 2 is 2.03 bits per heavy atom. The number of likely N-dealkylation sites (tertiary alicyclic amines) is 1. The Labute approximate surface area is 169 Å². The van der Waals surface area contributed by atoms with Crippen LogP contribution in [-0.2, 0) is 6.54 Å². The highest BCUT2D eigenvalue weighted by Crippen LogP contribution is 2.27. The molecule has 0 saturated carbocycles. The number of carbonyl (C=O) groups excluding carboxylic acids is 1. The Kier molecular flexibility index (Phi) is 5.29. The summed E-state index contributed by atoms with van der Waals surface area (Å²) >= 11 is 0. The zero-order valence-corrected chi connectivity index (χ0v) is 16.8. The fourth-order valence-corrected chi connectivity index (χ4v) is 3.93. The molecule has 0 aliphatic carbocycles. The number of pyridine rings is 2. The van der Waals surface area contributed by atoms with E-state index in [2.05, 4.69) is 19.5 Å². The van der Waals surface area contributed by atoms with Crippen LogP contribution in [0.2, 0.25) is 0 Å². The Hall–Kier alpha value is -3.22. The lowest BCUT2D eigenvalue weighted by Crippen LogP contribution is -2.41. The number of amides is 1. The number of hydrogen-bond acceptors (Lipinski definition) is 4. The molecule has 0 unspecified atom stereocenters. The number of aromatic amines is 1. The molecule has 1 atom stereocenters. The van der Waals surface area contributed by atoms with Gasteiger partial charge in [-0.3, -0.25) is 14.6 Å². The molecule has 1 fully saturated rings. The molecule has 3 aromatic rings. The summed E-state index contributed by atoms with van der Waals surface area (Å²) < 4.78 is 2.14. The molecule has 0 spiro atoms. The molecule has 1 aliphatic rings. The standard InChI is InChI=1S/C22H25N5O2/c1-15-12-19(21(28)25-16(15)2)22(29)27-10-3-4-18(14-27)20-24-9-11-26(20)13-17-5-7-23-8-6-17/h5-9,11-12,18H,3-4,10,13-14H2,1-2H3,(H,25,28)/t18-/m1/s1. The highest BCUT2D eigenvalue weighted by molar-refractivity contribution is 5.94. The lowest BCUT2D eigenvalue weighted by Gasteiger charge is -2.32. The van der Waals surface area contributed by atoms with Crippen LogP contribution in [0.15, 0.2) is 47.8 Å². The van der Waals surface area contributed by atoms with Crippen LogP contribution >= 0.6 is 0 Å². The van der Waals surface area contributed by atoms with Gasteiger partial charge in [-0.15, -0.1) is 0 Å². The molecular weight excluding hydrogens is 366 g/mol. The zero-order chi connectivity index (χ0) is 20.4. The van der Waals surface area contributed by atoms with E-state index < -0.39 is 0 Å². The molecule has 4 heterocycles. The number of imidazole rings is 1. The van der Waals surface area contributed by atoms with Gasteiger partial charge in [-0.2, -0.15) is 0 Å². The molecule has 4 rings (SSSR count). The molecule has 1 aliphatic heterocycles. The Morgan fingerprint density at radius 3 is 2.83 bits per heavy atom. The van der Waals surface area contributed by atoms with Crippen molar-refractivity contribution in [2.75, 3.05) is 13.1 Å². The van der Waals surface area contributed by atoms with Crippen molar-refractivity contribution in [2.45, 2.75) is 39.2 Å². The summed E-state index contributed by atoms with van der Waals surface area (Å²) in [5, 5.41) is 0. The van der Waals surface area contributed by atoms with Crippen molar-refractivity contribution in [3.63, 3.8) is 0 Å². The third-order valence-corrected chi connectivity index (χ3v) is 5.65. The molecule has 0 bridgehead atoms. The van der Waals surface area contributed by atoms with Crippen LogP contribution in [0, 0.1) is 13.8 Å². The van der Waals surface area contributed by atoms with Crippen LogP contribution in [0.25, 0.3) is 0 Å². The predicted molar refractivity (Wildman–Crippen MR) is 110 cm³/mol. The van der Waals surface area contributed by atoms with Gasteiger partial charge < -0.3 is 14.5 Å². The minimum atomic E-state index is -0.320. The van der Waals surface area contributed by atoms with Gasteiger partial charge in [-0.05, 0) is 56.0 Å². The Morgan fingerprint density at radius 1 is 1.24 bits per heavy atom. The van der Waals surface area contributed by atoms with Gasteiger partial charge >= 0.3 is 0 Å². The molecule has 1 saturated heterocycles. The molecule has 0 radical (unpaired) electrons. The SMILES string of the molecule is Cc1cc(C(=O)N2CCC[C@@H](c3nccn3Cc3ccncc3)C2)c(=O)[nH]c1C. The van der Waals surface area contributed by atoms with Crippen LogP contribution < -0.4 is 5.56 Å². The molecular formula is C22H25N5O2. The van der Waals surface area contributed by atoms with E-state index >= 15 is 0 Å². The summed E-state index contributed by atoms with van der Waals surface area (Å²) in [5.41, 5.74) is 2.76. The van der Waals surface area contributed by atoms with Crippen LogP contribution in [0.3, 0.4) is 0 Å². The van der Waals surface area contributed by atoms with Gasteiger partial charge in [-0.1, -0.05) is 0 Å². The Balaban J connectivity index is 1.54. The van der Waals surface area contributed by atoms with Crippen molar-refractivity contribution in [3.8, 4) is 0 Å². The van der Waals surface area contributed by atoms with Crippen molar-refractivity contribution in [2.24, 2.45) is 0 Å². The fourth-order valence-electron chi connectivity index (χ4n) is 3.93. The summed E-state index contributed by atoms with van der Waals surface area (Å²) in [6.07, 6.45) is 9.22. The fraction of sp³-hybridized carbons (Fsp3) is 0.364. The van der Waals surface area contributed by atoms with Crippen molar-refractivity contribution in [1.29, 1.82) is 0 Å². The van der Waals surface area contributed by atoms with Crippen molar-refractivity contribution in [3.05, 3.63) is 81.5 Å². The monoisotopic (exact) mass is 391 g/mol. The lowest BCUT2D eigenvalue weighted by atomic mass is 9.96. The molecule has 29 heavy (non-hydrogen) atoms. The maximum atomic E-state index is 13.0. The maximum Gasteiger partial charge on any atom is 0.261 e. The Bertz CT molecular complexity index is 1070. The van der Waals surface area contributed by atoms with E-state index in [1.54, 1.807) is 23.4 Å². The largest absolute Gasteiger partial charge is 0.338 e. The maximum absolute atomic E-state index is 13.0. The van der Waals surface area contributed by atoms with E-state index in [1.807, 2.05) is 38.4 Å². The number of nitrogens with zero attached hydrogens (tertiary/aromatic N) is 4. The van der Waals surface area contributed by atoms with Gasteiger partial charge in [0.05, 0.1) is 0 Å². The number of carbonyl (C=O) groups is 1. The first-order valence-corrected chi connectivity index (χ1v) is 9.92. The summed E-state index contributed by atoms with van der Waals surface area (Å²) in [5.74, 6) is 0.926. The first-order chi connectivity index (χ1) is 14.0. The second-order valence-electron chi connectivity index (χ2n) is 7.68. The average molecular weight is 391 g/mol. The predicted octanol–water partition coefficient (Wildman–Crippen LogP) is 2.65. The quantitative estimate of drug-likeness (QED) is 0.741. The summed E-state index contributed by atoms with van der Waals surface area (Å²) in [4.78, 5) is 38.6. The van der Waals surface area contributed by atoms with Crippen LogP contribution in [-0.4, -0.2) is 43.4 Å². The first kappa shape index (κ1) is 19.1. The number of aromatic nitrogens is 4. The van der Waals surface area contributed by atoms with Crippen molar-refractivity contribution < 1.29 is 4.79 Å². The second kappa shape index (κ2) is 8.03. The summed E-state index contributed by atoms with van der Waals surface area (Å²) in [7, 11) is 0. The smallest absolute Gasteiger partial charge is 0.261 e. The van der Waals surface area contributed by atoms with E-state index in [1.165, 1.54) is 0 Å². The second-order valence-corrected chi connectivity index (χ2v) is 7.68. The first-order valence-electron chi connectivity index (χ1n) is 9.92. The van der Waals surface area contributed by atoms with Crippen LogP contribution in [0.4, 0.5) is 0 Å². The average Bonchev–Trinajstić information content (AvgIpc) is 3.19. The molecule has 7 heteroatoms. The summed E-state index contributed by atoms with van der Waals surface area (Å²) in [6, 6.07) is 5.68. The van der Waals surface area contributed by atoms with E-state index in [-0.39, 0.29) is 22.9 Å². The number of aryl methyl sites for hydroxylation is 2. The van der Waals surface area contributed by atoms with E-state index in [9.17, 15) is 9.59 Å². The molecule has 150 valence electrons. The highest BCUT2D eigenvalue weighted by atomic mass is 16.2. The number of hydrogen-bond donors (Lipinski definition) is 1. The number of nitrogens with one attached hydrogen (secondary N) is 1. The normalized spacial score (nSPS) is 16.8. The molecule has 3 aromatic heterocycles. The van der Waals surface area contributed by atoms with Crippen molar-refractivity contribution >= 4 is 5.91 Å². The minimum absolute atomic E-state index is 0.148. The topological polar surface area (TPSA) is 83.9 Å². The van der Waals surface area contributed by atoms with Gasteiger partial charge in [0.1, 0.15) is 11.4 Å². The van der Waals surface area contributed by atoms with E-state index in [0.29, 0.717) is 13.1 Å². The van der Waals surface area contributed by atoms with E-state index in [0.717, 1.165) is 42.0 Å². The molecule has 1 N–H and O–H groups in total. The number of H-pyrrole nitrogens is 1. The third-order valence-electron chi connectivity index (χ3n) is 5.65. The molecule has 7 nitrogen and oxygen atoms in total. The van der Waals surface area contributed by atoms with Gasteiger partial charge in [-0.25, -0.2) is 4.98 Å². The molecule has 0 aromatic carbocycles. The number of piperidine rings is 1. The lowest BCUT2D eigenvalue weighted by molar-refractivity contribution is 0.0701. The highest BCUT2D eigenvalue weighted by Gasteiger charge is 2.29. The van der Waals surface area contributed by atoms with Crippen LogP contribution in [0.5, 0.6) is 0 Å². The van der Waals surface area contributed by atoms with Gasteiger partial charge in [0.2, 0.25) is 0 Å². The third kappa shape index (κ3) is 3.99. The number of rotatable bonds is 4. The minimum Gasteiger partial charge on any atom is -0.338 e. The van der Waals surface area contributed by atoms with Crippen LogP contribution in [0.1, 0.15) is 51.8 Å². The van der Waals surface area contributed by atoms with E-state index in [4.69, 9.17) is 0 Å². The zero-order valence-electron chi connectivity index (χ0n) is 16.8.